The summed E-state index contributed by atoms with van der Waals surface area (Å²) in [6.07, 6.45) is 0. The maximum Gasteiger partial charge on any atom is 0.242 e. The molecule has 1 aromatic rings. The fourth-order valence-corrected chi connectivity index (χ4v) is 2.68. The van der Waals surface area contributed by atoms with Gasteiger partial charge in [0.2, 0.25) is 10.0 Å². The summed E-state index contributed by atoms with van der Waals surface area (Å²) in [5, 5.41) is 0.236. The van der Waals surface area contributed by atoms with Crippen LogP contribution in [0.4, 0.5) is 0 Å². The van der Waals surface area contributed by atoms with Crippen LogP contribution in [0.1, 0.15) is 0 Å². The second-order valence-corrected chi connectivity index (χ2v) is 5.77. The molecule has 0 saturated carbocycles. The maximum atomic E-state index is 11.8. The van der Waals surface area contributed by atoms with E-state index in [9.17, 15) is 8.42 Å². The fourth-order valence-electron chi connectivity index (χ4n) is 1.14. The van der Waals surface area contributed by atoms with Crippen molar-refractivity contribution in [3.8, 4) is 0 Å². The van der Waals surface area contributed by atoms with Gasteiger partial charge in [-0.3, -0.25) is 0 Å². The Labute approximate surface area is 101 Å². The number of benzene rings is 1. The summed E-state index contributed by atoms with van der Waals surface area (Å²) in [6.45, 7) is 1.00. The zero-order chi connectivity index (χ0) is 12.2. The molecular formula is C10H15ClN2O2S. The monoisotopic (exact) mass is 262 g/mol. The van der Waals surface area contributed by atoms with Crippen molar-refractivity contribution in [3.63, 3.8) is 0 Å². The molecule has 1 rings (SSSR count). The minimum atomic E-state index is -3.50. The number of nitrogens with zero attached hydrogens (tertiary/aromatic N) is 1. The molecule has 90 valence electrons. The summed E-state index contributed by atoms with van der Waals surface area (Å²) in [4.78, 5) is 2.02. The molecule has 0 aliphatic carbocycles. The molecule has 0 bridgehead atoms. The van der Waals surface area contributed by atoms with E-state index >= 15 is 0 Å². The third-order valence-electron chi connectivity index (χ3n) is 1.98. The Morgan fingerprint density at radius 1 is 1.31 bits per heavy atom. The highest BCUT2D eigenvalue weighted by atomic mass is 35.5. The van der Waals surface area contributed by atoms with Crippen molar-refractivity contribution in [2.45, 2.75) is 4.90 Å². The van der Waals surface area contributed by atoms with E-state index in [1.54, 1.807) is 18.2 Å². The van der Waals surface area contributed by atoms with E-state index < -0.39 is 10.0 Å². The zero-order valence-corrected chi connectivity index (χ0v) is 10.8. The van der Waals surface area contributed by atoms with Crippen LogP contribution in [0.5, 0.6) is 0 Å². The molecule has 0 aliphatic heterocycles. The summed E-state index contributed by atoms with van der Waals surface area (Å²) in [6, 6.07) is 6.38. The predicted octanol–water partition coefficient (Wildman–Crippen LogP) is 1.18. The highest BCUT2D eigenvalue weighted by Gasteiger charge is 2.16. The summed E-state index contributed by atoms with van der Waals surface area (Å²) in [7, 11) is 0.262. The molecule has 0 atom stereocenters. The highest BCUT2D eigenvalue weighted by molar-refractivity contribution is 7.89. The Hall–Kier alpha value is -0.620. The largest absolute Gasteiger partial charge is 0.308 e. The third kappa shape index (κ3) is 3.75. The van der Waals surface area contributed by atoms with Crippen molar-refractivity contribution >= 4 is 21.6 Å². The number of rotatable bonds is 5. The van der Waals surface area contributed by atoms with Gasteiger partial charge in [-0.1, -0.05) is 23.7 Å². The first-order valence-corrected chi connectivity index (χ1v) is 6.68. The van der Waals surface area contributed by atoms with Crippen LogP contribution in [0.3, 0.4) is 0 Å². The van der Waals surface area contributed by atoms with Gasteiger partial charge in [0.15, 0.2) is 0 Å². The van der Waals surface area contributed by atoms with Crippen LogP contribution in [0, 0.1) is 0 Å². The Morgan fingerprint density at radius 3 is 2.50 bits per heavy atom. The predicted molar refractivity (Wildman–Crippen MR) is 65.2 cm³/mol. The summed E-state index contributed by atoms with van der Waals surface area (Å²) < 4.78 is 26.1. The van der Waals surface area contributed by atoms with Crippen LogP contribution in [-0.4, -0.2) is 40.5 Å². The number of hydrogen-bond acceptors (Lipinski definition) is 3. The van der Waals surface area contributed by atoms with Gasteiger partial charge in [0.25, 0.3) is 0 Å². The maximum absolute atomic E-state index is 11.8. The molecule has 0 aliphatic rings. The van der Waals surface area contributed by atoms with Crippen molar-refractivity contribution in [2.75, 3.05) is 27.2 Å². The Balaban J connectivity index is 2.75. The van der Waals surface area contributed by atoms with Gasteiger partial charge in [-0.25, -0.2) is 13.1 Å². The lowest BCUT2D eigenvalue weighted by Gasteiger charge is -2.11. The normalized spacial score (nSPS) is 12.0. The summed E-state index contributed by atoms with van der Waals surface area (Å²) >= 11 is 5.82. The van der Waals surface area contributed by atoms with E-state index in [0.717, 1.165) is 0 Å². The van der Waals surface area contributed by atoms with Gasteiger partial charge in [0.05, 0.1) is 5.02 Å². The van der Waals surface area contributed by atoms with Gasteiger partial charge >= 0.3 is 0 Å². The smallest absolute Gasteiger partial charge is 0.242 e. The van der Waals surface area contributed by atoms with Gasteiger partial charge in [-0.15, -0.1) is 0 Å². The van der Waals surface area contributed by atoms with E-state index in [1.807, 2.05) is 19.0 Å². The minimum absolute atomic E-state index is 0.121. The lowest BCUT2D eigenvalue weighted by atomic mass is 10.4. The minimum Gasteiger partial charge on any atom is -0.308 e. The van der Waals surface area contributed by atoms with Gasteiger partial charge in [0.1, 0.15) is 4.90 Å². The first-order chi connectivity index (χ1) is 7.43. The Bertz CT molecular complexity index is 446. The Morgan fingerprint density at radius 2 is 1.94 bits per heavy atom. The van der Waals surface area contributed by atoms with E-state index in [1.165, 1.54) is 6.07 Å². The van der Waals surface area contributed by atoms with Crippen LogP contribution in [-0.2, 0) is 10.0 Å². The van der Waals surface area contributed by atoms with Crippen LogP contribution < -0.4 is 4.72 Å². The van der Waals surface area contributed by atoms with Crippen molar-refractivity contribution < 1.29 is 8.42 Å². The molecule has 0 amide bonds. The number of sulfonamides is 1. The standard InChI is InChI=1S/C10H15ClN2O2S/c1-13(2)8-7-12-16(14,15)10-6-4-3-5-9(10)11/h3-6,12H,7-8H2,1-2H3. The van der Waals surface area contributed by atoms with Crippen molar-refractivity contribution in [3.05, 3.63) is 29.3 Å². The molecule has 0 aromatic heterocycles. The second kappa shape index (κ2) is 5.63. The molecule has 4 nitrogen and oxygen atoms in total. The van der Waals surface area contributed by atoms with Crippen molar-refractivity contribution in [1.82, 2.24) is 9.62 Å². The SMILES string of the molecule is CN(C)CCNS(=O)(=O)c1ccccc1Cl. The molecule has 16 heavy (non-hydrogen) atoms. The molecule has 0 fully saturated rings. The van der Waals surface area contributed by atoms with E-state index in [0.29, 0.717) is 13.1 Å². The molecule has 6 heteroatoms. The van der Waals surface area contributed by atoms with E-state index in [4.69, 9.17) is 11.6 Å². The topological polar surface area (TPSA) is 49.4 Å². The van der Waals surface area contributed by atoms with Crippen molar-refractivity contribution in [2.24, 2.45) is 0 Å². The number of nitrogens with one attached hydrogen (secondary N) is 1. The summed E-state index contributed by atoms with van der Waals surface area (Å²) in [5.74, 6) is 0. The van der Waals surface area contributed by atoms with Gasteiger partial charge in [-0.2, -0.15) is 0 Å². The third-order valence-corrected chi connectivity index (χ3v) is 3.94. The molecule has 1 aromatic carbocycles. The average Bonchev–Trinajstić information content (AvgIpc) is 2.17. The van der Waals surface area contributed by atoms with E-state index in [2.05, 4.69) is 4.72 Å². The molecular weight excluding hydrogens is 248 g/mol. The highest BCUT2D eigenvalue weighted by Crippen LogP contribution is 2.19. The van der Waals surface area contributed by atoms with Gasteiger partial charge in [0, 0.05) is 13.1 Å². The van der Waals surface area contributed by atoms with Crippen LogP contribution in [0.25, 0.3) is 0 Å². The second-order valence-electron chi connectivity index (χ2n) is 3.63. The fraction of sp³-hybridized carbons (Fsp3) is 0.400. The van der Waals surface area contributed by atoms with Crippen LogP contribution in [0.2, 0.25) is 5.02 Å². The molecule has 0 saturated heterocycles. The number of likely N-dealkylation sites (N-methyl/N-ethyl adjacent to an activating group) is 1. The molecule has 0 heterocycles. The lowest BCUT2D eigenvalue weighted by Crippen LogP contribution is -2.31. The van der Waals surface area contributed by atoms with Crippen LogP contribution >= 0.6 is 11.6 Å². The average molecular weight is 263 g/mol. The molecule has 0 spiro atoms. The molecule has 0 radical (unpaired) electrons. The lowest BCUT2D eigenvalue weighted by molar-refractivity contribution is 0.412. The quantitative estimate of drug-likeness (QED) is 0.867. The number of hydrogen-bond donors (Lipinski definition) is 1. The summed E-state index contributed by atoms with van der Waals surface area (Å²) in [5.41, 5.74) is 0. The number of halogens is 1. The van der Waals surface area contributed by atoms with Gasteiger partial charge in [-0.05, 0) is 26.2 Å². The molecule has 0 unspecified atom stereocenters. The van der Waals surface area contributed by atoms with Crippen LogP contribution in [0.15, 0.2) is 29.2 Å². The van der Waals surface area contributed by atoms with Crippen molar-refractivity contribution in [1.29, 1.82) is 0 Å². The Kier molecular flexibility index (Phi) is 4.73. The molecule has 1 N–H and O–H groups in total. The first-order valence-electron chi connectivity index (χ1n) is 4.82. The first kappa shape index (κ1) is 13.4. The van der Waals surface area contributed by atoms with E-state index in [-0.39, 0.29) is 9.92 Å². The van der Waals surface area contributed by atoms with Gasteiger partial charge < -0.3 is 4.90 Å². The zero-order valence-electron chi connectivity index (χ0n) is 9.27.